The molecule has 8 heteroatoms. The number of nitrogen functional groups attached to an aromatic ring is 1. The lowest BCUT2D eigenvalue weighted by Crippen LogP contribution is -2.18. The molecule has 0 spiro atoms. The molecule has 0 fully saturated rings. The molecule has 2 rings (SSSR count). The van der Waals surface area contributed by atoms with Crippen LogP contribution in [0.2, 0.25) is 0 Å². The molecule has 108 valence electrons. The predicted molar refractivity (Wildman–Crippen MR) is 86.4 cm³/mol. The molecule has 1 heterocycles. The summed E-state index contributed by atoms with van der Waals surface area (Å²) >= 11 is 5.04. The molecule has 5 nitrogen and oxygen atoms in total. The third-order valence-electron chi connectivity index (χ3n) is 2.68. The topological polar surface area (TPSA) is 84.2 Å². The number of sulfonamides is 1. The normalized spacial score (nSPS) is 11.5. The van der Waals surface area contributed by atoms with E-state index in [2.05, 4.69) is 26.0 Å². The molecule has 4 N–H and O–H groups in total. The van der Waals surface area contributed by atoms with Gasteiger partial charge in [0.05, 0.1) is 20.1 Å². The fourth-order valence-electron chi connectivity index (χ4n) is 1.62. The minimum Gasteiger partial charge on any atom is -0.397 e. The van der Waals surface area contributed by atoms with Crippen molar-refractivity contribution < 1.29 is 8.42 Å². The average Bonchev–Trinajstić information content (AvgIpc) is 2.83. The summed E-state index contributed by atoms with van der Waals surface area (Å²) in [5.74, 6) is 0. The van der Waals surface area contributed by atoms with Gasteiger partial charge < -0.3 is 11.1 Å². The standard InChI is InChI=1S/C12H14BrN3O2S2/c1-15-20(17,18)9-3-4-11(10(14)6-9)16-7-8-2-5-12(13)19-8/h2-6,15-16H,7,14H2,1H3. The lowest BCUT2D eigenvalue weighted by Gasteiger charge is -2.10. The van der Waals surface area contributed by atoms with Crippen LogP contribution in [-0.4, -0.2) is 15.5 Å². The Labute approximate surface area is 130 Å². The Morgan fingerprint density at radius 3 is 2.60 bits per heavy atom. The van der Waals surface area contributed by atoms with E-state index >= 15 is 0 Å². The van der Waals surface area contributed by atoms with Gasteiger partial charge in [-0.05, 0) is 53.3 Å². The molecule has 0 saturated heterocycles. The van der Waals surface area contributed by atoms with Gasteiger partial charge in [-0.1, -0.05) is 0 Å². The van der Waals surface area contributed by atoms with Crippen LogP contribution >= 0.6 is 27.3 Å². The molecule has 0 aliphatic carbocycles. The molecular formula is C12H14BrN3O2S2. The number of halogens is 1. The Kier molecular flexibility index (Phi) is 4.69. The molecular weight excluding hydrogens is 362 g/mol. The second-order valence-corrected chi connectivity index (χ2v) is 8.45. The second-order valence-electron chi connectivity index (χ2n) is 4.02. The first-order valence-electron chi connectivity index (χ1n) is 5.73. The summed E-state index contributed by atoms with van der Waals surface area (Å²) in [6.07, 6.45) is 0. The second kappa shape index (κ2) is 6.13. The molecule has 2 aromatic rings. The average molecular weight is 376 g/mol. The zero-order valence-corrected chi connectivity index (χ0v) is 13.9. The summed E-state index contributed by atoms with van der Waals surface area (Å²) in [7, 11) is -2.10. The van der Waals surface area contributed by atoms with Gasteiger partial charge in [-0.2, -0.15) is 0 Å². The fourth-order valence-corrected chi connectivity index (χ4v) is 3.80. The van der Waals surface area contributed by atoms with Crippen molar-refractivity contribution in [2.45, 2.75) is 11.4 Å². The van der Waals surface area contributed by atoms with Crippen LogP contribution < -0.4 is 15.8 Å². The van der Waals surface area contributed by atoms with Crippen LogP contribution in [0.15, 0.2) is 39.0 Å². The van der Waals surface area contributed by atoms with E-state index in [-0.39, 0.29) is 4.90 Å². The monoisotopic (exact) mass is 375 g/mol. The number of nitrogens with one attached hydrogen (secondary N) is 2. The Hall–Kier alpha value is -1.09. The predicted octanol–water partition coefficient (Wildman–Crippen LogP) is 2.61. The summed E-state index contributed by atoms with van der Waals surface area (Å²) in [5.41, 5.74) is 6.99. The van der Waals surface area contributed by atoms with Gasteiger partial charge >= 0.3 is 0 Å². The van der Waals surface area contributed by atoms with Crippen LogP contribution in [0.1, 0.15) is 4.88 Å². The van der Waals surface area contributed by atoms with Crippen molar-refractivity contribution in [3.8, 4) is 0 Å². The van der Waals surface area contributed by atoms with Gasteiger partial charge in [0.1, 0.15) is 0 Å². The molecule has 1 aromatic carbocycles. The fraction of sp³-hybridized carbons (Fsp3) is 0.167. The minimum atomic E-state index is -3.46. The maximum Gasteiger partial charge on any atom is 0.240 e. The molecule has 20 heavy (non-hydrogen) atoms. The molecule has 1 aromatic heterocycles. The third-order valence-corrected chi connectivity index (χ3v) is 5.72. The first kappa shape index (κ1) is 15.3. The van der Waals surface area contributed by atoms with Gasteiger partial charge in [-0.15, -0.1) is 11.3 Å². The van der Waals surface area contributed by atoms with Gasteiger partial charge in [-0.3, -0.25) is 0 Å². The lowest BCUT2D eigenvalue weighted by molar-refractivity contribution is 0.588. The number of hydrogen-bond acceptors (Lipinski definition) is 5. The molecule has 0 bridgehead atoms. The first-order valence-corrected chi connectivity index (χ1v) is 8.83. The number of anilines is 2. The van der Waals surface area contributed by atoms with Crippen molar-refractivity contribution in [3.05, 3.63) is 39.0 Å². The number of thiophene rings is 1. The van der Waals surface area contributed by atoms with Crippen LogP contribution in [-0.2, 0) is 16.6 Å². The Morgan fingerprint density at radius 2 is 2.05 bits per heavy atom. The quantitative estimate of drug-likeness (QED) is 0.701. The smallest absolute Gasteiger partial charge is 0.240 e. The van der Waals surface area contributed by atoms with Crippen molar-refractivity contribution >= 4 is 48.7 Å². The Balaban J connectivity index is 2.14. The van der Waals surface area contributed by atoms with Gasteiger partial charge in [0.25, 0.3) is 0 Å². The summed E-state index contributed by atoms with van der Waals surface area (Å²) < 4.78 is 26.6. The van der Waals surface area contributed by atoms with E-state index in [1.165, 1.54) is 19.2 Å². The maximum atomic E-state index is 11.7. The number of benzene rings is 1. The lowest BCUT2D eigenvalue weighted by atomic mass is 10.2. The van der Waals surface area contributed by atoms with Crippen LogP contribution in [0, 0.1) is 0 Å². The highest BCUT2D eigenvalue weighted by molar-refractivity contribution is 9.11. The van der Waals surface area contributed by atoms with Crippen LogP contribution in [0.4, 0.5) is 11.4 Å². The van der Waals surface area contributed by atoms with E-state index in [0.29, 0.717) is 17.9 Å². The third kappa shape index (κ3) is 3.51. The van der Waals surface area contributed by atoms with Crippen molar-refractivity contribution in [1.29, 1.82) is 0 Å². The van der Waals surface area contributed by atoms with Crippen LogP contribution in [0.5, 0.6) is 0 Å². The highest BCUT2D eigenvalue weighted by Crippen LogP contribution is 2.26. The van der Waals surface area contributed by atoms with Crippen molar-refractivity contribution in [1.82, 2.24) is 4.72 Å². The minimum absolute atomic E-state index is 0.155. The van der Waals surface area contributed by atoms with E-state index < -0.39 is 10.0 Å². The number of hydrogen-bond donors (Lipinski definition) is 3. The van der Waals surface area contributed by atoms with E-state index in [4.69, 9.17) is 5.73 Å². The molecule has 0 aliphatic heterocycles. The maximum absolute atomic E-state index is 11.7. The van der Waals surface area contributed by atoms with Gasteiger partial charge in [0.2, 0.25) is 10.0 Å². The summed E-state index contributed by atoms with van der Waals surface area (Å²) in [6, 6.07) is 8.63. The first-order chi connectivity index (χ1) is 9.42. The van der Waals surface area contributed by atoms with Gasteiger partial charge in [-0.25, -0.2) is 13.1 Å². The van der Waals surface area contributed by atoms with Crippen molar-refractivity contribution in [3.63, 3.8) is 0 Å². The van der Waals surface area contributed by atoms with E-state index in [1.54, 1.807) is 17.4 Å². The Bertz CT molecular complexity index is 713. The molecule has 0 radical (unpaired) electrons. The van der Waals surface area contributed by atoms with E-state index in [0.717, 1.165) is 8.66 Å². The number of rotatable bonds is 5. The van der Waals surface area contributed by atoms with Gasteiger partial charge in [0, 0.05) is 11.4 Å². The van der Waals surface area contributed by atoms with Crippen LogP contribution in [0.25, 0.3) is 0 Å². The zero-order valence-electron chi connectivity index (χ0n) is 10.7. The van der Waals surface area contributed by atoms with Crippen LogP contribution in [0.3, 0.4) is 0 Å². The number of nitrogens with two attached hydrogens (primary N) is 1. The highest BCUT2D eigenvalue weighted by Gasteiger charge is 2.12. The molecule has 0 aliphatic rings. The summed E-state index contributed by atoms with van der Waals surface area (Å²) in [6.45, 7) is 0.637. The molecule has 0 amide bonds. The zero-order chi connectivity index (χ0) is 14.8. The summed E-state index contributed by atoms with van der Waals surface area (Å²) in [4.78, 5) is 1.31. The largest absolute Gasteiger partial charge is 0.397 e. The Morgan fingerprint density at radius 1 is 1.30 bits per heavy atom. The SMILES string of the molecule is CNS(=O)(=O)c1ccc(NCc2ccc(Br)s2)c(N)c1. The van der Waals surface area contributed by atoms with Crippen molar-refractivity contribution in [2.75, 3.05) is 18.1 Å². The molecule has 0 unspecified atom stereocenters. The highest BCUT2D eigenvalue weighted by atomic mass is 79.9. The van der Waals surface area contributed by atoms with E-state index in [9.17, 15) is 8.42 Å². The summed E-state index contributed by atoms with van der Waals surface area (Å²) in [5, 5.41) is 3.19. The van der Waals surface area contributed by atoms with Gasteiger partial charge in [0.15, 0.2) is 0 Å². The van der Waals surface area contributed by atoms with Crippen molar-refractivity contribution in [2.24, 2.45) is 0 Å². The molecule has 0 atom stereocenters. The van der Waals surface area contributed by atoms with E-state index in [1.807, 2.05) is 12.1 Å². The molecule has 0 saturated carbocycles.